The van der Waals surface area contributed by atoms with Crippen molar-refractivity contribution in [2.75, 3.05) is 5.75 Å². The molecule has 0 aliphatic carbocycles. The van der Waals surface area contributed by atoms with Crippen LogP contribution in [0.1, 0.15) is 38.6 Å². The number of nitrogens with one attached hydrogen (secondary N) is 2. The standard InChI is InChI=1S/C17H19N3O3S/c1-17(2,3)14-11(18-9-23-14)7-13-16(22)19-12(15(21)20-13)6-10-4-5-24-8-10/h6-9H,4-5H2,1-3H3,(H,19,22)(H,20,21)/b12-6-,13-7-. The number of oxazole rings is 1. The van der Waals surface area contributed by atoms with E-state index in [1.165, 1.54) is 6.39 Å². The Labute approximate surface area is 142 Å². The zero-order valence-electron chi connectivity index (χ0n) is 13.8. The number of thioether (sulfide) groups is 1. The molecular formula is C17H19N3O3S. The first-order valence-electron chi connectivity index (χ1n) is 7.65. The van der Waals surface area contributed by atoms with Gasteiger partial charge in [0.25, 0.3) is 11.1 Å². The fraction of sp³-hybridized carbons (Fsp3) is 0.353. The molecule has 3 rings (SSSR count). The van der Waals surface area contributed by atoms with Crippen molar-refractivity contribution in [1.29, 1.82) is 0 Å². The molecule has 1 aliphatic heterocycles. The normalized spacial score (nSPS) is 16.7. The minimum Gasteiger partial charge on any atom is -0.447 e. The topological polar surface area (TPSA) is 91.8 Å². The van der Waals surface area contributed by atoms with E-state index >= 15 is 0 Å². The summed E-state index contributed by atoms with van der Waals surface area (Å²) in [6, 6.07) is 0. The molecule has 2 aromatic heterocycles. The number of aromatic amines is 2. The number of nitrogens with zero attached hydrogens (tertiary/aromatic N) is 1. The first-order valence-corrected chi connectivity index (χ1v) is 8.70. The Morgan fingerprint density at radius 1 is 1.17 bits per heavy atom. The first kappa shape index (κ1) is 16.6. The summed E-state index contributed by atoms with van der Waals surface area (Å²) in [6.07, 6.45) is 5.50. The van der Waals surface area contributed by atoms with Gasteiger partial charge in [-0.3, -0.25) is 9.59 Å². The van der Waals surface area contributed by atoms with Gasteiger partial charge in [-0.2, -0.15) is 0 Å². The van der Waals surface area contributed by atoms with Gasteiger partial charge in [0.1, 0.15) is 22.2 Å². The van der Waals surface area contributed by atoms with Crippen molar-refractivity contribution >= 4 is 23.9 Å². The summed E-state index contributed by atoms with van der Waals surface area (Å²) in [5.74, 6) is 1.66. The maximum absolute atomic E-state index is 12.3. The van der Waals surface area contributed by atoms with Gasteiger partial charge in [-0.05, 0) is 29.6 Å². The van der Waals surface area contributed by atoms with Gasteiger partial charge in [0, 0.05) is 11.2 Å². The second-order valence-electron chi connectivity index (χ2n) is 6.65. The minimum atomic E-state index is -0.366. The molecule has 0 amide bonds. The predicted molar refractivity (Wildman–Crippen MR) is 95.3 cm³/mol. The average Bonchev–Trinajstić information content (AvgIpc) is 3.14. The molecule has 1 aliphatic rings. The second kappa shape index (κ2) is 6.32. The number of rotatable bonds is 2. The van der Waals surface area contributed by atoms with Gasteiger partial charge in [0.15, 0.2) is 6.39 Å². The molecule has 0 atom stereocenters. The minimum absolute atomic E-state index is 0.159. The van der Waals surface area contributed by atoms with Crippen LogP contribution in [0, 0.1) is 0 Å². The molecule has 3 heterocycles. The van der Waals surface area contributed by atoms with Crippen LogP contribution in [-0.4, -0.2) is 20.7 Å². The number of H-pyrrole nitrogens is 2. The second-order valence-corrected chi connectivity index (χ2v) is 7.63. The van der Waals surface area contributed by atoms with Crippen LogP contribution in [0.2, 0.25) is 0 Å². The van der Waals surface area contributed by atoms with Gasteiger partial charge in [0.05, 0.1) is 0 Å². The Bertz CT molecular complexity index is 1020. The van der Waals surface area contributed by atoms with Crippen LogP contribution >= 0.6 is 11.8 Å². The van der Waals surface area contributed by atoms with Crippen LogP contribution < -0.4 is 21.8 Å². The molecule has 6 nitrogen and oxygen atoms in total. The Hall–Kier alpha value is -2.28. The molecule has 0 unspecified atom stereocenters. The summed E-state index contributed by atoms with van der Waals surface area (Å²) in [7, 11) is 0. The largest absolute Gasteiger partial charge is 0.447 e. The third-order valence-electron chi connectivity index (χ3n) is 3.62. The van der Waals surface area contributed by atoms with Gasteiger partial charge in [-0.25, -0.2) is 4.98 Å². The fourth-order valence-corrected chi connectivity index (χ4v) is 3.32. The summed E-state index contributed by atoms with van der Waals surface area (Å²) in [5.41, 5.74) is 0.629. The number of hydrogen-bond donors (Lipinski definition) is 2. The highest BCUT2D eigenvalue weighted by atomic mass is 32.2. The van der Waals surface area contributed by atoms with Crippen LogP contribution in [0.25, 0.3) is 12.2 Å². The molecule has 0 saturated heterocycles. The Morgan fingerprint density at radius 3 is 2.42 bits per heavy atom. The zero-order valence-corrected chi connectivity index (χ0v) is 14.6. The smallest absolute Gasteiger partial charge is 0.272 e. The van der Waals surface area contributed by atoms with Gasteiger partial charge >= 0.3 is 0 Å². The predicted octanol–water partition coefficient (Wildman–Crippen LogP) is 0.979. The van der Waals surface area contributed by atoms with E-state index < -0.39 is 0 Å². The molecule has 0 spiro atoms. The Morgan fingerprint density at radius 2 is 1.83 bits per heavy atom. The highest BCUT2D eigenvalue weighted by Gasteiger charge is 2.21. The van der Waals surface area contributed by atoms with Gasteiger partial charge in [0.2, 0.25) is 0 Å². The Kier molecular flexibility index (Phi) is 4.36. The quantitative estimate of drug-likeness (QED) is 0.846. The van der Waals surface area contributed by atoms with E-state index in [0.29, 0.717) is 11.5 Å². The molecule has 2 N–H and O–H groups in total. The van der Waals surface area contributed by atoms with E-state index in [1.54, 1.807) is 23.9 Å². The van der Waals surface area contributed by atoms with Crippen molar-refractivity contribution in [3.8, 4) is 0 Å². The van der Waals surface area contributed by atoms with Crippen LogP contribution in [-0.2, 0) is 5.41 Å². The van der Waals surface area contributed by atoms with E-state index in [0.717, 1.165) is 17.7 Å². The molecule has 0 bridgehead atoms. The maximum atomic E-state index is 12.3. The lowest BCUT2D eigenvalue weighted by molar-refractivity contribution is 0.407. The van der Waals surface area contributed by atoms with E-state index in [2.05, 4.69) is 15.0 Å². The number of allylic oxidation sites excluding steroid dienone is 1. The van der Waals surface area contributed by atoms with E-state index in [-0.39, 0.29) is 27.2 Å². The molecule has 7 heteroatoms. The average molecular weight is 345 g/mol. The van der Waals surface area contributed by atoms with Crippen LogP contribution in [0.15, 0.2) is 31.4 Å². The van der Waals surface area contributed by atoms with Gasteiger partial charge in [-0.15, -0.1) is 11.8 Å². The maximum Gasteiger partial charge on any atom is 0.272 e. The molecule has 0 saturated carbocycles. The summed E-state index contributed by atoms with van der Waals surface area (Å²) >= 11 is 1.70. The summed E-state index contributed by atoms with van der Waals surface area (Å²) in [5, 5.41) is 2.43. The number of aromatic nitrogens is 3. The van der Waals surface area contributed by atoms with E-state index in [1.807, 2.05) is 26.2 Å². The highest BCUT2D eigenvalue weighted by molar-refractivity contribution is 8.02. The number of hydrogen-bond acceptors (Lipinski definition) is 5. The summed E-state index contributed by atoms with van der Waals surface area (Å²) in [4.78, 5) is 33.9. The van der Waals surface area contributed by atoms with E-state index in [4.69, 9.17) is 4.42 Å². The third-order valence-corrected chi connectivity index (χ3v) is 4.53. The van der Waals surface area contributed by atoms with Gasteiger partial charge < -0.3 is 14.4 Å². The third kappa shape index (κ3) is 3.46. The summed E-state index contributed by atoms with van der Waals surface area (Å²) < 4.78 is 5.42. The molecule has 24 heavy (non-hydrogen) atoms. The van der Waals surface area contributed by atoms with Crippen LogP contribution in [0.4, 0.5) is 0 Å². The molecule has 2 aromatic rings. The Balaban J connectivity index is 2.11. The highest BCUT2D eigenvalue weighted by Crippen LogP contribution is 2.25. The van der Waals surface area contributed by atoms with Crippen LogP contribution in [0.5, 0.6) is 0 Å². The first-order chi connectivity index (χ1) is 11.3. The molecule has 0 fully saturated rings. The SMILES string of the molecule is CC(C)(C)c1ocnc1/C=c1\[nH]c(=O)/c(=C/C2=CSCC2)[nH]c1=O. The molecule has 0 aromatic carbocycles. The zero-order chi connectivity index (χ0) is 17.3. The summed E-state index contributed by atoms with van der Waals surface area (Å²) in [6.45, 7) is 5.97. The molecular weight excluding hydrogens is 326 g/mol. The van der Waals surface area contributed by atoms with Crippen molar-refractivity contribution in [2.45, 2.75) is 32.6 Å². The molecule has 126 valence electrons. The van der Waals surface area contributed by atoms with Crippen molar-refractivity contribution in [3.63, 3.8) is 0 Å². The lowest BCUT2D eigenvalue weighted by Crippen LogP contribution is -2.46. The lowest BCUT2D eigenvalue weighted by atomic mass is 9.92. The fourth-order valence-electron chi connectivity index (χ4n) is 2.44. The van der Waals surface area contributed by atoms with Crippen molar-refractivity contribution in [2.24, 2.45) is 0 Å². The lowest BCUT2D eigenvalue weighted by Gasteiger charge is -2.14. The monoisotopic (exact) mass is 345 g/mol. The van der Waals surface area contributed by atoms with Gasteiger partial charge in [-0.1, -0.05) is 20.8 Å². The van der Waals surface area contributed by atoms with Crippen molar-refractivity contribution < 1.29 is 4.42 Å². The van der Waals surface area contributed by atoms with E-state index in [9.17, 15) is 9.59 Å². The molecule has 0 radical (unpaired) electrons. The van der Waals surface area contributed by atoms with Crippen LogP contribution in [0.3, 0.4) is 0 Å². The van der Waals surface area contributed by atoms with Crippen molar-refractivity contribution in [3.05, 3.63) is 60.2 Å². The van der Waals surface area contributed by atoms with Crippen molar-refractivity contribution in [1.82, 2.24) is 15.0 Å².